The SMILES string of the molecule is CC1(C)O[C@H]2[C@@H](O1)[C@@H](COP(=S)(OC[C@H]1O[C@@H]3OC(C)(C)O[C@@H]3[C@H]3OC(C)(C)O[C@H]31)[Se][Se]P(=S)(OC[C@H]1O[C@@H]3OC(C)(C)O[C@@H]3[C@H]3OC(C)(C)O[C@H]31)OC[C@H]1O[C@@H]3OC(C)(C)O[C@@H]3[C@H]3OC(C)(C)O[C@H]31)O[C@@H]1OC(C)(C)O[C@@H]12. The monoisotopic (exact) mass is 1320 g/mol. The Labute approximate surface area is 475 Å². The predicted octanol–water partition coefficient (Wildman–Crippen LogP) is 4.41. The number of rotatable bonds is 15. The standard InChI is InChI=1S/C48H76O24P2S2Se2/c1-41(2)57-25-21(53-37-33(29(25)61-41)65-45(9,10)69-37)17-49-73(75,50-18-22-26-30(62-42(3,4)58-26)34-38(54-22)70-46(11,12)66-34)77-78-74(76,51-19-23-27-31(63-43(5,6)59-27)35-39(55-23)71-47(13,14)67-35)52-20-24-28-32(64-44(7,8)60-28)36-40(56-24)72-48(15,16)68-36/h21-40H,17-20H2,1-16H3/t21-,22-,23-,24-,25+,26+,27+,28+,29+,30+,31+,32+,33-,34-,35-,36-,37-,38-,39-,40-/m1/s1. The molecule has 0 spiro atoms. The first-order chi connectivity index (χ1) is 36.0. The molecule has 0 aromatic heterocycles. The van der Waals surface area contributed by atoms with E-state index in [-0.39, 0.29) is 26.4 Å². The first-order valence-electron chi connectivity index (χ1n) is 26.7. The molecule has 12 aliphatic rings. The molecule has 0 aliphatic carbocycles. The summed E-state index contributed by atoms with van der Waals surface area (Å²) in [5.41, 5.74) is 0. The fourth-order valence-corrected chi connectivity index (χ4v) is 55.8. The van der Waals surface area contributed by atoms with Gasteiger partial charge in [-0.25, -0.2) is 0 Å². The molecule has 78 heavy (non-hydrogen) atoms. The normalized spacial score (nSPS) is 47.1. The molecule has 12 rings (SSSR count). The van der Waals surface area contributed by atoms with Gasteiger partial charge in [-0.2, -0.15) is 0 Å². The summed E-state index contributed by atoms with van der Waals surface area (Å²) >= 11 is 11.8. The first kappa shape index (κ1) is 59.7. The van der Waals surface area contributed by atoms with E-state index in [2.05, 4.69) is 0 Å². The fraction of sp³-hybridized carbons (Fsp3) is 1.00. The molecule has 30 heteroatoms. The average molecular weight is 1320 g/mol. The topological polar surface area (TPSA) is 222 Å². The molecule has 446 valence electrons. The molecule has 0 unspecified atom stereocenters. The van der Waals surface area contributed by atoms with Gasteiger partial charge in [0.2, 0.25) is 0 Å². The van der Waals surface area contributed by atoms with Crippen LogP contribution < -0.4 is 0 Å². The van der Waals surface area contributed by atoms with E-state index < -0.39 is 205 Å². The molecule has 0 aromatic carbocycles. The third kappa shape index (κ3) is 12.2. The van der Waals surface area contributed by atoms with Gasteiger partial charge in [0.1, 0.15) is 0 Å². The second kappa shape index (κ2) is 20.5. The number of hydrogen-bond donors (Lipinski definition) is 0. The average Bonchev–Trinajstić information content (AvgIpc) is 4.40. The van der Waals surface area contributed by atoms with Crippen LogP contribution in [0.5, 0.6) is 0 Å². The summed E-state index contributed by atoms with van der Waals surface area (Å²) in [6.07, 6.45) is -12.8. The van der Waals surface area contributed by atoms with Crippen molar-refractivity contribution in [1.82, 2.24) is 0 Å². The zero-order chi connectivity index (χ0) is 55.8. The molecule has 0 saturated carbocycles. The zero-order valence-electron chi connectivity index (χ0n) is 46.7. The molecule has 20 atom stereocenters. The third-order valence-corrected chi connectivity index (χ3v) is 53.1. The quantitative estimate of drug-likeness (QED) is 0.164. The molecule has 0 bridgehead atoms. The van der Waals surface area contributed by atoms with Crippen molar-refractivity contribution in [2.45, 2.75) is 280 Å². The number of fused-ring (bicyclic) bond motifs is 12. The van der Waals surface area contributed by atoms with E-state index in [0.717, 1.165) is 0 Å². The van der Waals surface area contributed by atoms with Gasteiger partial charge in [-0.05, 0) is 0 Å². The molecular weight excluding hydrogens is 1240 g/mol. The van der Waals surface area contributed by atoms with E-state index in [1.165, 1.54) is 0 Å². The van der Waals surface area contributed by atoms with Crippen LogP contribution in [-0.4, -0.2) is 221 Å². The molecule has 0 amide bonds. The van der Waals surface area contributed by atoms with Crippen LogP contribution >= 0.6 is 10.4 Å². The molecule has 0 N–H and O–H groups in total. The molecule has 24 nitrogen and oxygen atoms in total. The van der Waals surface area contributed by atoms with Gasteiger partial charge in [0.15, 0.2) is 0 Å². The van der Waals surface area contributed by atoms with E-state index in [9.17, 15) is 0 Å². The van der Waals surface area contributed by atoms with E-state index in [0.29, 0.717) is 0 Å². The molecule has 0 radical (unpaired) electrons. The molecule has 0 aromatic rings. The molecule has 12 aliphatic heterocycles. The Morgan fingerprint density at radius 2 is 0.436 bits per heavy atom. The maximum absolute atomic E-state index is 6.97. The zero-order valence-corrected chi connectivity index (χ0v) is 53.5. The van der Waals surface area contributed by atoms with Crippen LogP contribution in [0.1, 0.15) is 111 Å². The molecule has 12 saturated heterocycles. The van der Waals surface area contributed by atoms with Crippen LogP contribution in [0.25, 0.3) is 0 Å². The van der Waals surface area contributed by atoms with Gasteiger partial charge in [-0.1, -0.05) is 0 Å². The van der Waals surface area contributed by atoms with Gasteiger partial charge in [0, 0.05) is 0 Å². The summed E-state index contributed by atoms with van der Waals surface area (Å²) in [5, 5.41) is -6.86. The Kier molecular flexibility index (Phi) is 15.7. The van der Waals surface area contributed by atoms with Crippen LogP contribution in [0.3, 0.4) is 0 Å². The fourth-order valence-electron chi connectivity index (χ4n) is 12.2. The third-order valence-electron chi connectivity index (χ3n) is 14.8. The van der Waals surface area contributed by atoms with Gasteiger partial charge in [0.05, 0.1) is 0 Å². The van der Waals surface area contributed by atoms with Crippen molar-refractivity contribution in [3.8, 4) is 0 Å². The second-order valence-electron chi connectivity index (χ2n) is 25.1. The van der Waals surface area contributed by atoms with Crippen molar-refractivity contribution < 1.29 is 113 Å². The Morgan fingerprint density at radius 1 is 0.269 bits per heavy atom. The van der Waals surface area contributed by atoms with Crippen molar-refractivity contribution in [3.63, 3.8) is 0 Å². The van der Waals surface area contributed by atoms with Gasteiger partial charge < -0.3 is 0 Å². The van der Waals surface area contributed by atoms with Crippen LogP contribution in [0.4, 0.5) is 0 Å². The van der Waals surface area contributed by atoms with Gasteiger partial charge in [-0.3, -0.25) is 0 Å². The summed E-state index contributed by atoms with van der Waals surface area (Å²) in [7, 11) is 0. The van der Waals surface area contributed by atoms with Gasteiger partial charge in [-0.15, -0.1) is 0 Å². The van der Waals surface area contributed by atoms with Crippen LogP contribution in [0.15, 0.2) is 0 Å². The van der Waals surface area contributed by atoms with Crippen molar-refractivity contribution in [2.75, 3.05) is 26.4 Å². The molecule has 12 heterocycles. The van der Waals surface area contributed by atoms with E-state index in [1.54, 1.807) is 0 Å². The van der Waals surface area contributed by atoms with Crippen molar-refractivity contribution >= 4 is 59.4 Å². The minimum absolute atomic E-state index is 0.0620. The molecular formula is C48H76O24P2S2Se2. The van der Waals surface area contributed by atoms with Gasteiger partial charge >= 0.3 is 479 Å². The first-order valence-corrected chi connectivity index (χ1v) is 40.7. The van der Waals surface area contributed by atoms with E-state index in [1.807, 2.05) is 111 Å². The summed E-state index contributed by atoms with van der Waals surface area (Å²) in [4.78, 5) is 0. The van der Waals surface area contributed by atoms with E-state index >= 15 is 0 Å². The minimum atomic E-state index is -3.43. The Bertz CT molecular complexity index is 2060. The maximum atomic E-state index is 6.97. The summed E-state index contributed by atoms with van der Waals surface area (Å²) < 4.78 is 156. The predicted molar refractivity (Wildman–Crippen MR) is 274 cm³/mol. The summed E-state index contributed by atoms with van der Waals surface area (Å²) in [6, 6.07) is 0. The Hall–Kier alpha value is 1.38. The van der Waals surface area contributed by atoms with Crippen molar-refractivity contribution in [3.05, 3.63) is 0 Å². The molecule has 12 fully saturated rings. The van der Waals surface area contributed by atoms with Crippen LogP contribution in [-0.2, 0) is 136 Å². The second-order valence-corrected chi connectivity index (χ2v) is 51.9. The van der Waals surface area contributed by atoms with E-state index in [4.69, 9.17) is 136 Å². The summed E-state index contributed by atoms with van der Waals surface area (Å²) in [6.45, 7) is 29.2. The van der Waals surface area contributed by atoms with Crippen LogP contribution in [0, 0.1) is 0 Å². The summed E-state index contributed by atoms with van der Waals surface area (Å²) in [5.74, 6) is -7.59. The van der Waals surface area contributed by atoms with Gasteiger partial charge in [0.25, 0.3) is 0 Å². The Balaban J connectivity index is 0.832. The van der Waals surface area contributed by atoms with Crippen LogP contribution in [0.2, 0.25) is 0 Å². The number of hydrogen-bond acceptors (Lipinski definition) is 26. The van der Waals surface area contributed by atoms with Crippen molar-refractivity contribution in [2.24, 2.45) is 0 Å². The number of ether oxygens (including phenoxy) is 20. The van der Waals surface area contributed by atoms with Crippen molar-refractivity contribution in [1.29, 1.82) is 0 Å². The Morgan fingerprint density at radius 3 is 0.641 bits per heavy atom.